The molecular formula is C18H16F3NO3. The van der Waals surface area contributed by atoms with Gasteiger partial charge >= 0.3 is 12.1 Å². The van der Waals surface area contributed by atoms with Crippen molar-refractivity contribution in [3.05, 3.63) is 71.3 Å². The number of esters is 1. The predicted molar refractivity (Wildman–Crippen MR) is 84.9 cm³/mol. The molecule has 0 spiro atoms. The number of carbonyl (C=O) groups excluding carboxylic acids is 2. The van der Waals surface area contributed by atoms with Gasteiger partial charge in [0.25, 0.3) is 5.91 Å². The normalized spacial score (nSPS) is 12.3. The Morgan fingerprint density at radius 1 is 1.04 bits per heavy atom. The van der Waals surface area contributed by atoms with Gasteiger partial charge in [-0.1, -0.05) is 42.5 Å². The zero-order chi connectivity index (χ0) is 18.4. The Labute approximate surface area is 142 Å². The highest BCUT2D eigenvalue weighted by Gasteiger charge is 2.35. The summed E-state index contributed by atoms with van der Waals surface area (Å²) >= 11 is 0. The summed E-state index contributed by atoms with van der Waals surface area (Å²) in [6.45, 7) is 0. The highest BCUT2D eigenvalue weighted by molar-refractivity contribution is 5.98. The molecule has 0 bridgehead atoms. The first-order valence-electron chi connectivity index (χ1n) is 7.41. The van der Waals surface area contributed by atoms with Crippen LogP contribution < -0.4 is 5.32 Å². The third-order valence-corrected chi connectivity index (χ3v) is 3.55. The average Bonchev–Trinajstić information content (AvgIpc) is 2.60. The second kappa shape index (κ2) is 7.83. The first-order chi connectivity index (χ1) is 11.8. The number of halogens is 3. The lowest BCUT2D eigenvalue weighted by atomic mass is 10.0. The Kier molecular flexibility index (Phi) is 5.80. The Morgan fingerprint density at radius 3 is 2.24 bits per heavy atom. The van der Waals surface area contributed by atoms with Gasteiger partial charge in [-0.25, -0.2) is 4.79 Å². The van der Waals surface area contributed by atoms with Crippen LogP contribution in [-0.4, -0.2) is 25.0 Å². The number of hydrogen-bond acceptors (Lipinski definition) is 3. The molecule has 0 unspecified atom stereocenters. The van der Waals surface area contributed by atoms with Crippen molar-refractivity contribution in [2.45, 2.75) is 18.6 Å². The summed E-state index contributed by atoms with van der Waals surface area (Å²) in [6.07, 6.45) is -4.57. The fraction of sp³-hybridized carbons (Fsp3) is 0.222. The minimum atomic E-state index is -4.67. The van der Waals surface area contributed by atoms with Crippen molar-refractivity contribution in [2.24, 2.45) is 0 Å². The van der Waals surface area contributed by atoms with Gasteiger partial charge in [-0.3, -0.25) is 4.79 Å². The van der Waals surface area contributed by atoms with Crippen molar-refractivity contribution in [3.8, 4) is 0 Å². The quantitative estimate of drug-likeness (QED) is 0.842. The Hall–Kier alpha value is -2.83. The maximum absolute atomic E-state index is 13.0. The number of amides is 1. The van der Waals surface area contributed by atoms with Gasteiger partial charge in [0, 0.05) is 6.42 Å². The summed E-state index contributed by atoms with van der Waals surface area (Å²) in [4.78, 5) is 24.2. The molecule has 2 aromatic rings. The van der Waals surface area contributed by atoms with Crippen LogP contribution >= 0.6 is 0 Å². The number of methoxy groups -OCH3 is 1. The Balaban J connectivity index is 2.25. The molecule has 132 valence electrons. The molecule has 7 heteroatoms. The van der Waals surface area contributed by atoms with Crippen LogP contribution in [-0.2, 0) is 22.1 Å². The van der Waals surface area contributed by atoms with Crippen LogP contribution in [0.5, 0.6) is 0 Å². The van der Waals surface area contributed by atoms with E-state index in [0.29, 0.717) is 0 Å². The van der Waals surface area contributed by atoms with Crippen LogP contribution in [0.3, 0.4) is 0 Å². The fourth-order valence-electron chi connectivity index (χ4n) is 2.35. The van der Waals surface area contributed by atoms with Crippen LogP contribution in [0.25, 0.3) is 0 Å². The molecule has 0 aliphatic carbocycles. The van der Waals surface area contributed by atoms with Crippen molar-refractivity contribution in [1.82, 2.24) is 5.32 Å². The standard InChI is InChI=1S/C18H16F3NO3/c1-25-17(24)15(11-12-7-3-2-4-8-12)22-16(23)13-9-5-6-10-14(13)18(19,20)21/h2-10,15H,11H2,1H3,(H,22,23)/t15-/m1/s1. The minimum Gasteiger partial charge on any atom is -0.467 e. The molecule has 1 N–H and O–H groups in total. The topological polar surface area (TPSA) is 55.4 Å². The van der Waals surface area contributed by atoms with E-state index in [9.17, 15) is 22.8 Å². The van der Waals surface area contributed by atoms with Crippen molar-refractivity contribution in [1.29, 1.82) is 0 Å². The second-order valence-electron chi connectivity index (χ2n) is 5.28. The van der Waals surface area contributed by atoms with Crippen molar-refractivity contribution in [2.75, 3.05) is 7.11 Å². The van der Waals surface area contributed by atoms with Gasteiger partial charge in [-0.15, -0.1) is 0 Å². The van der Waals surface area contributed by atoms with Crippen LogP contribution in [0.15, 0.2) is 54.6 Å². The molecule has 0 aromatic heterocycles. The summed E-state index contributed by atoms with van der Waals surface area (Å²) in [5, 5.41) is 2.33. The highest BCUT2D eigenvalue weighted by atomic mass is 19.4. The molecule has 0 aliphatic rings. The number of nitrogens with one attached hydrogen (secondary N) is 1. The van der Waals surface area contributed by atoms with Gasteiger partial charge in [0.15, 0.2) is 0 Å². The molecule has 4 nitrogen and oxygen atoms in total. The Morgan fingerprint density at radius 2 is 1.64 bits per heavy atom. The highest BCUT2D eigenvalue weighted by Crippen LogP contribution is 2.31. The molecule has 1 atom stereocenters. The van der Waals surface area contributed by atoms with Crippen LogP contribution in [0.4, 0.5) is 13.2 Å². The summed E-state index contributed by atoms with van der Waals surface area (Å²) in [6, 6.07) is 12.1. The maximum Gasteiger partial charge on any atom is 0.417 e. The van der Waals surface area contributed by atoms with E-state index < -0.39 is 35.2 Å². The minimum absolute atomic E-state index is 0.105. The molecular weight excluding hydrogens is 335 g/mol. The monoisotopic (exact) mass is 351 g/mol. The molecule has 2 rings (SSSR count). The van der Waals surface area contributed by atoms with Gasteiger partial charge in [0.2, 0.25) is 0 Å². The molecule has 1 amide bonds. The van der Waals surface area contributed by atoms with Gasteiger partial charge in [0.1, 0.15) is 6.04 Å². The lowest BCUT2D eigenvalue weighted by Gasteiger charge is -2.18. The van der Waals surface area contributed by atoms with Crippen molar-refractivity contribution < 1.29 is 27.5 Å². The molecule has 0 heterocycles. The summed E-state index contributed by atoms with van der Waals surface area (Å²) in [5.74, 6) is -1.72. The third kappa shape index (κ3) is 4.82. The average molecular weight is 351 g/mol. The number of rotatable bonds is 5. The molecule has 0 saturated heterocycles. The van der Waals surface area contributed by atoms with E-state index in [2.05, 4.69) is 10.1 Å². The molecule has 0 aliphatic heterocycles. The lowest BCUT2D eigenvalue weighted by Crippen LogP contribution is -2.43. The number of alkyl halides is 3. The third-order valence-electron chi connectivity index (χ3n) is 3.55. The van der Waals surface area contributed by atoms with E-state index in [1.54, 1.807) is 30.3 Å². The zero-order valence-electron chi connectivity index (χ0n) is 13.3. The van der Waals surface area contributed by atoms with E-state index in [4.69, 9.17) is 0 Å². The SMILES string of the molecule is COC(=O)[C@@H](Cc1ccccc1)NC(=O)c1ccccc1C(F)(F)F. The lowest BCUT2D eigenvalue weighted by molar-refractivity contribution is -0.142. The van der Waals surface area contributed by atoms with Crippen LogP contribution in [0.2, 0.25) is 0 Å². The summed E-state index contributed by atoms with van der Waals surface area (Å²) in [5.41, 5.74) is -0.866. The zero-order valence-corrected chi connectivity index (χ0v) is 13.3. The first-order valence-corrected chi connectivity index (χ1v) is 7.41. The number of carbonyl (C=O) groups is 2. The van der Waals surface area contributed by atoms with Crippen molar-refractivity contribution in [3.63, 3.8) is 0 Å². The molecule has 0 saturated carbocycles. The Bertz CT molecular complexity index is 745. The molecule has 2 aromatic carbocycles. The first kappa shape index (κ1) is 18.5. The number of ether oxygens (including phenoxy) is 1. The van der Waals surface area contributed by atoms with Gasteiger partial charge in [-0.05, 0) is 17.7 Å². The van der Waals surface area contributed by atoms with E-state index in [0.717, 1.165) is 24.8 Å². The summed E-state index contributed by atoms with van der Waals surface area (Å²) in [7, 11) is 1.15. The largest absolute Gasteiger partial charge is 0.467 e. The predicted octanol–water partition coefficient (Wildman–Crippen LogP) is 3.22. The maximum atomic E-state index is 13.0. The van der Waals surface area contributed by atoms with Crippen molar-refractivity contribution >= 4 is 11.9 Å². The van der Waals surface area contributed by atoms with E-state index >= 15 is 0 Å². The summed E-state index contributed by atoms with van der Waals surface area (Å²) < 4.78 is 43.8. The van der Waals surface area contributed by atoms with E-state index in [-0.39, 0.29) is 6.42 Å². The fourth-order valence-corrected chi connectivity index (χ4v) is 2.35. The van der Waals surface area contributed by atoms with Crippen LogP contribution in [0, 0.1) is 0 Å². The molecule has 0 radical (unpaired) electrons. The second-order valence-corrected chi connectivity index (χ2v) is 5.28. The molecule has 0 fully saturated rings. The van der Waals surface area contributed by atoms with E-state index in [1.165, 1.54) is 12.1 Å². The van der Waals surface area contributed by atoms with Gasteiger partial charge in [-0.2, -0.15) is 13.2 Å². The van der Waals surface area contributed by atoms with E-state index in [1.807, 2.05) is 0 Å². The van der Waals surface area contributed by atoms with Gasteiger partial charge in [0.05, 0.1) is 18.2 Å². The number of hydrogen-bond donors (Lipinski definition) is 1. The number of benzene rings is 2. The van der Waals surface area contributed by atoms with Crippen LogP contribution in [0.1, 0.15) is 21.5 Å². The van der Waals surface area contributed by atoms with Gasteiger partial charge < -0.3 is 10.1 Å². The molecule has 25 heavy (non-hydrogen) atoms. The smallest absolute Gasteiger partial charge is 0.417 e.